The Kier molecular flexibility index (Phi) is 4.04. The van der Waals surface area contributed by atoms with Gasteiger partial charge in [-0.1, -0.05) is 6.07 Å². The molecule has 2 aromatic heterocycles. The second kappa shape index (κ2) is 6.51. The van der Waals surface area contributed by atoms with Gasteiger partial charge in [0.15, 0.2) is 5.82 Å². The third-order valence-electron chi connectivity index (χ3n) is 3.92. The number of nitrogens with one attached hydrogen (secondary N) is 1. The zero-order valence-corrected chi connectivity index (χ0v) is 13.8. The molecule has 1 aliphatic carbocycles. The Morgan fingerprint density at radius 1 is 1.19 bits per heavy atom. The number of aromatic hydroxyl groups is 1. The summed E-state index contributed by atoms with van der Waals surface area (Å²) in [6.45, 7) is 0. The van der Waals surface area contributed by atoms with Crippen LogP contribution in [0.4, 0.5) is 10.3 Å². The van der Waals surface area contributed by atoms with Gasteiger partial charge in [0.2, 0.25) is 5.95 Å². The summed E-state index contributed by atoms with van der Waals surface area (Å²) in [5.41, 5.74) is 1.27. The SMILES string of the molecule is COc1ncc(F)c(-c2ccc(-c3cnc(NC4CC4)nn3)c(O)c2)n1. The van der Waals surface area contributed by atoms with Gasteiger partial charge in [0.25, 0.3) is 0 Å². The van der Waals surface area contributed by atoms with Gasteiger partial charge in [0.05, 0.1) is 19.5 Å². The van der Waals surface area contributed by atoms with Crippen molar-refractivity contribution in [3.05, 3.63) is 36.4 Å². The molecule has 1 fully saturated rings. The van der Waals surface area contributed by atoms with E-state index in [1.165, 1.54) is 19.4 Å². The molecule has 0 radical (unpaired) electrons. The molecule has 0 bridgehead atoms. The Labute approximate surface area is 148 Å². The van der Waals surface area contributed by atoms with Crippen LogP contribution in [0.3, 0.4) is 0 Å². The smallest absolute Gasteiger partial charge is 0.316 e. The maximum absolute atomic E-state index is 14.0. The molecule has 9 heteroatoms. The number of phenols is 1. The Morgan fingerprint density at radius 2 is 2.04 bits per heavy atom. The van der Waals surface area contributed by atoms with E-state index in [9.17, 15) is 9.50 Å². The molecule has 2 heterocycles. The zero-order valence-electron chi connectivity index (χ0n) is 13.8. The number of nitrogens with zero attached hydrogens (tertiary/aromatic N) is 5. The molecule has 8 nitrogen and oxygen atoms in total. The van der Waals surface area contributed by atoms with Crippen molar-refractivity contribution in [3.8, 4) is 34.3 Å². The molecule has 0 amide bonds. The molecule has 0 spiro atoms. The van der Waals surface area contributed by atoms with Crippen molar-refractivity contribution < 1.29 is 14.2 Å². The average Bonchev–Trinajstić information content (AvgIpc) is 3.47. The number of halogens is 1. The lowest BCUT2D eigenvalue weighted by molar-refractivity contribution is 0.377. The molecular formula is C17H15FN6O2. The Morgan fingerprint density at radius 3 is 2.69 bits per heavy atom. The largest absolute Gasteiger partial charge is 0.507 e. The van der Waals surface area contributed by atoms with Crippen LogP contribution in [0, 0.1) is 5.82 Å². The van der Waals surface area contributed by atoms with Crippen molar-refractivity contribution in [2.45, 2.75) is 18.9 Å². The number of anilines is 1. The number of phenolic OH excluding ortho intramolecular Hbond substituents is 1. The van der Waals surface area contributed by atoms with Gasteiger partial charge >= 0.3 is 6.01 Å². The molecular weight excluding hydrogens is 339 g/mol. The monoisotopic (exact) mass is 354 g/mol. The van der Waals surface area contributed by atoms with E-state index in [2.05, 4.69) is 30.5 Å². The predicted octanol–water partition coefficient (Wildman–Crippen LogP) is 2.42. The molecule has 1 aliphatic rings. The molecule has 1 aromatic carbocycles. The van der Waals surface area contributed by atoms with Crippen molar-refractivity contribution in [1.82, 2.24) is 25.1 Å². The molecule has 1 saturated carbocycles. The van der Waals surface area contributed by atoms with Crippen LogP contribution in [0.25, 0.3) is 22.5 Å². The van der Waals surface area contributed by atoms with Crippen LogP contribution in [0.5, 0.6) is 11.8 Å². The standard InChI is InChI=1S/C17H15FN6O2/c1-26-17-20-7-12(18)15(22-17)9-2-5-11(14(25)6-9)13-8-19-16(24-23-13)21-10-3-4-10/h2,5-8,10,25H,3-4H2,1H3,(H,19,21,24). The van der Waals surface area contributed by atoms with Gasteiger partial charge in [-0.2, -0.15) is 4.98 Å². The summed E-state index contributed by atoms with van der Waals surface area (Å²) in [7, 11) is 1.39. The first-order chi connectivity index (χ1) is 12.6. The summed E-state index contributed by atoms with van der Waals surface area (Å²) in [6, 6.07) is 5.10. The van der Waals surface area contributed by atoms with Gasteiger partial charge in [-0.3, -0.25) is 0 Å². The van der Waals surface area contributed by atoms with Crippen molar-refractivity contribution in [2.75, 3.05) is 12.4 Å². The Bertz CT molecular complexity index is 946. The summed E-state index contributed by atoms with van der Waals surface area (Å²) in [4.78, 5) is 11.9. The Hall–Kier alpha value is -3.36. The second-order valence-corrected chi connectivity index (χ2v) is 5.87. The first-order valence-corrected chi connectivity index (χ1v) is 8.00. The van der Waals surface area contributed by atoms with E-state index in [-0.39, 0.29) is 17.5 Å². The Balaban J connectivity index is 1.63. The maximum atomic E-state index is 14.0. The number of methoxy groups -OCH3 is 1. The van der Waals surface area contributed by atoms with Crippen LogP contribution in [0.15, 0.2) is 30.6 Å². The van der Waals surface area contributed by atoms with Crippen molar-refractivity contribution >= 4 is 5.95 Å². The van der Waals surface area contributed by atoms with Gasteiger partial charge in [-0.05, 0) is 25.0 Å². The minimum Gasteiger partial charge on any atom is -0.507 e. The second-order valence-electron chi connectivity index (χ2n) is 5.87. The normalized spacial score (nSPS) is 13.5. The number of hydrogen-bond acceptors (Lipinski definition) is 8. The van der Waals surface area contributed by atoms with Crippen LogP contribution < -0.4 is 10.1 Å². The maximum Gasteiger partial charge on any atom is 0.316 e. The molecule has 0 saturated heterocycles. The first-order valence-electron chi connectivity index (χ1n) is 8.00. The van der Waals surface area contributed by atoms with Crippen LogP contribution in [0.2, 0.25) is 0 Å². The topological polar surface area (TPSA) is 106 Å². The third-order valence-corrected chi connectivity index (χ3v) is 3.92. The minimum absolute atomic E-state index is 0.0342. The molecule has 4 rings (SSSR count). The number of rotatable bonds is 5. The lowest BCUT2D eigenvalue weighted by atomic mass is 10.1. The highest BCUT2D eigenvalue weighted by Crippen LogP contribution is 2.33. The fraction of sp³-hybridized carbons (Fsp3) is 0.235. The molecule has 26 heavy (non-hydrogen) atoms. The van der Waals surface area contributed by atoms with Crippen molar-refractivity contribution in [3.63, 3.8) is 0 Å². The quantitative estimate of drug-likeness (QED) is 0.719. The average molecular weight is 354 g/mol. The molecule has 2 N–H and O–H groups in total. The molecule has 0 atom stereocenters. The van der Waals surface area contributed by atoms with Gasteiger partial charge in [-0.15, -0.1) is 10.2 Å². The highest BCUT2D eigenvalue weighted by Gasteiger charge is 2.22. The van der Waals surface area contributed by atoms with Crippen LogP contribution in [0.1, 0.15) is 12.8 Å². The minimum atomic E-state index is -0.616. The third kappa shape index (κ3) is 3.23. The van der Waals surface area contributed by atoms with E-state index < -0.39 is 5.82 Å². The highest BCUT2D eigenvalue weighted by atomic mass is 19.1. The van der Waals surface area contributed by atoms with E-state index in [1.807, 2.05) is 0 Å². The highest BCUT2D eigenvalue weighted by molar-refractivity contribution is 5.72. The summed E-state index contributed by atoms with van der Waals surface area (Å²) in [5.74, 6) is -0.240. The molecule has 3 aromatic rings. The molecule has 0 aliphatic heterocycles. The van der Waals surface area contributed by atoms with E-state index in [1.54, 1.807) is 12.1 Å². The van der Waals surface area contributed by atoms with E-state index >= 15 is 0 Å². The molecule has 132 valence electrons. The lowest BCUT2D eigenvalue weighted by Crippen LogP contribution is -2.06. The number of ether oxygens (including phenoxy) is 1. The summed E-state index contributed by atoms with van der Waals surface area (Å²) < 4.78 is 18.9. The van der Waals surface area contributed by atoms with Crippen LogP contribution >= 0.6 is 0 Å². The molecule has 0 unspecified atom stereocenters. The van der Waals surface area contributed by atoms with Gasteiger partial charge < -0.3 is 15.2 Å². The number of hydrogen-bond donors (Lipinski definition) is 2. The number of aromatic nitrogens is 5. The summed E-state index contributed by atoms with van der Waals surface area (Å²) >= 11 is 0. The number of benzene rings is 1. The van der Waals surface area contributed by atoms with E-state index in [0.29, 0.717) is 28.8 Å². The van der Waals surface area contributed by atoms with Crippen molar-refractivity contribution in [1.29, 1.82) is 0 Å². The lowest BCUT2D eigenvalue weighted by Gasteiger charge is -2.08. The first kappa shape index (κ1) is 16.1. The summed E-state index contributed by atoms with van der Waals surface area (Å²) in [5, 5.41) is 21.6. The van der Waals surface area contributed by atoms with Crippen LogP contribution in [-0.4, -0.2) is 43.4 Å². The van der Waals surface area contributed by atoms with Gasteiger partial charge in [0.1, 0.15) is 17.1 Å². The summed E-state index contributed by atoms with van der Waals surface area (Å²) in [6.07, 6.45) is 4.77. The predicted molar refractivity (Wildman–Crippen MR) is 91.1 cm³/mol. The van der Waals surface area contributed by atoms with Crippen molar-refractivity contribution in [2.24, 2.45) is 0 Å². The van der Waals surface area contributed by atoms with Gasteiger partial charge in [0, 0.05) is 17.2 Å². The fourth-order valence-corrected chi connectivity index (χ4v) is 2.42. The fourth-order valence-electron chi connectivity index (χ4n) is 2.42. The van der Waals surface area contributed by atoms with E-state index in [0.717, 1.165) is 19.0 Å². The zero-order chi connectivity index (χ0) is 18.1. The van der Waals surface area contributed by atoms with E-state index in [4.69, 9.17) is 4.74 Å². The van der Waals surface area contributed by atoms with Gasteiger partial charge in [-0.25, -0.2) is 14.4 Å². The van der Waals surface area contributed by atoms with Crippen LogP contribution in [-0.2, 0) is 0 Å².